The molecule has 9 heteroatoms. The van der Waals surface area contributed by atoms with Gasteiger partial charge >= 0.3 is 0 Å². The molecule has 6 aromatic rings. The molecule has 6 nitrogen and oxygen atoms in total. The number of halogens is 2. The van der Waals surface area contributed by atoms with Crippen LogP contribution in [0.3, 0.4) is 0 Å². The Morgan fingerprint density at radius 2 is 1.65 bits per heavy atom. The fraction of sp³-hybridized carbons (Fsp3) is 0.0645. The quantitative estimate of drug-likeness (QED) is 0.228. The van der Waals surface area contributed by atoms with Crippen molar-refractivity contribution in [3.8, 4) is 22.4 Å². The number of hydrogen-bond acceptors (Lipinski definition) is 5. The number of nitrogens with zero attached hydrogens (tertiary/aromatic N) is 2. The molecule has 0 saturated carbocycles. The zero-order valence-corrected chi connectivity index (χ0v) is 22.5. The predicted molar refractivity (Wildman–Crippen MR) is 156 cm³/mol. The van der Waals surface area contributed by atoms with Crippen LogP contribution in [0.25, 0.3) is 44.3 Å². The van der Waals surface area contributed by atoms with Gasteiger partial charge in [-0.25, -0.2) is 17.8 Å². The van der Waals surface area contributed by atoms with E-state index < -0.39 is 15.7 Å². The number of nitrogens with one attached hydrogen (secondary N) is 1. The Kier molecular flexibility index (Phi) is 6.65. The highest BCUT2D eigenvalue weighted by molar-refractivity contribution is 7.91. The molecule has 0 unspecified atom stereocenters. The molecule has 3 aromatic heterocycles. The number of fused-ring (bicyclic) bond motifs is 2. The molecule has 0 amide bonds. The van der Waals surface area contributed by atoms with Gasteiger partial charge in [-0.1, -0.05) is 48.0 Å². The Hall–Kier alpha value is -4.40. The lowest BCUT2D eigenvalue weighted by Crippen LogP contribution is -2.13. The number of aromatic amines is 1. The van der Waals surface area contributed by atoms with Crippen LogP contribution in [0.4, 0.5) is 4.39 Å². The first kappa shape index (κ1) is 25.9. The molecule has 0 saturated heterocycles. The van der Waals surface area contributed by atoms with Gasteiger partial charge in [-0.2, -0.15) is 0 Å². The van der Waals surface area contributed by atoms with Gasteiger partial charge in [0, 0.05) is 40.9 Å². The summed E-state index contributed by atoms with van der Waals surface area (Å²) in [5.74, 6) is -0.770. The molecule has 1 N–H and O–H groups in total. The molecule has 3 heterocycles. The van der Waals surface area contributed by atoms with Crippen molar-refractivity contribution < 1.29 is 12.8 Å². The molecule has 0 fully saturated rings. The molecule has 0 aliphatic rings. The summed E-state index contributed by atoms with van der Waals surface area (Å²) in [5, 5.41) is 1.71. The maximum atomic E-state index is 13.3. The zero-order valence-electron chi connectivity index (χ0n) is 20.9. The van der Waals surface area contributed by atoms with Crippen LogP contribution in [0.2, 0.25) is 5.02 Å². The van der Waals surface area contributed by atoms with Gasteiger partial charge in [-0.15, -0.1) is 0 Å². The highest BCUT2D eigenvalue weighted by Gasteiger charge is 2.18. The van der Waals surface area contributed by atoms with E-state index in [0.29, 0.717) is 33.0 Å². The number of H-pyrrole nitrogens is 1. The summed E-state index contributed by atoms with van der Waals surface area (Å²) in [7, 11) is -3.68. The van der Waals surface area contributed by atoms with Crippen molar-refractivity contribution in [1.29, 1.82) is 0 Å². The first-order chi connectivity index (χ1) is 19.3. The number of pyridine rings is 3. The van der Waals surface area contributed by atoms with E-state index in [-0.39, 0.29) is 22.5 Å². The Balaban J connectivity index is 1.46. The summed E-state index contributed by atoms with van der Waals surface area (Å²) in [4.78, 5) is 25.7. The van der Waals surface area contributed by atoms with E-state index in [1.165, 1.54) is 18.2 Å². The minimum absolute atomic E-state index is 0.0235. The van der Waals surface area contributed by atoms with E-state index in [0.717, 1.165) is 34.2 Å². The predicted octanol–water partition coefficient (Wildman–Crippen LogP) is 6.61. The van der Waals surface area contributed by atoms with Gasteiger partial charge in [0.05, 0.1) is 32.3 Å². The normalized spacial score (nSPS) is 11.8. The maximum Gasteiger partial charge on any atom is 0.191 e. The van der Waals surface area contributed by atoms with Gasteiger partial charge in [0.15, 0.2) is 15.3 Å². The second kappa shape index (κ2) is 10.3. The first-order valence-corrected chi connectivity index (χ1v) is 14.5. The first-order valence-electron chi connectivity index (χ1n) is 12.4. The molecule has 3 aromatic carbocycles. The molecule has 198 valence electrons. The molecule has 0 aliphatic heterocycles. The third-order valence-electron chi connectivity index (χ3n) is 6.70. The topological polar surface area (TPSA) is 92.8 Å². The molecule has 0 aliphatic carbocycles. The summed E-state index contributed by atoms with van der Waals surface area (Å²) in [6.45, 7) is 0. The minimum atomic E-state index is -3.68. The fourth-order valence-electron chi connectivity index (χ4n) is 4.70. The van der Waals surface area contributed by atoms with Crippen LogP contribution in [0.1, 0.15) is 5.69 Å². The lowest BCUT2D eigenvalue weighted by Gasteiger charge is -2.13. The van der Waals surface area contributed by atoms with Gasteiger partial charge < -0.3 is 4.98 Å². The lowest BCUT2D eigenvalue weighted by atomic mass is 9.96. The number of aryl methyl sites for hydroxylation is 1. The van der Waals surface area contributed by atoms with Crippen molar-refractivity contribution in [2.75, 3.05) is 5.75 Å². The van der Waals surface area contributed by atoms with Crippen LogP contribution in [0, 0.1) is 5.82 Å². The molecular formula is C31H21ClFN3O3S. The molecule has 6 rings (SSSR count). The molecule has 0 bridgehead atoms. The smallest absolute Gasteiger partial charge is 0.191 e. The summed E-state index contributed by atoms with van der Waals surface area (Å²) >= 11 is 6.59. The van der Waals surface area contributed by atoms with Crippen molar-refractivity contribution in [2.45, 2.75) is 11.3 Å². The number of benzene rings is 3. The highest BCUT2D eigenvalue weighted by atomic mass is 35.5. The van der Waals surface area contributed by atoms with Crippen molar-refractivity contribution >= 4 is 43.4 Å². The van der Waals surface area contributed by atoms with Gasteiger partial charge in [-0.3, -0.25) is 9.78 Å². The number of aromatic nitrogens is 3. The van der Waals surface area contributed by atoms with Crippen LogP contribution in [0.15, 0.2) is 107 Å². The molecule has 0 atom stereocenters. The summed E-state index contributed by atoms with van der Waals surface area (Å²) in [5.41, 5.74) is 4.16. The Morgan fingerprint density at radius 1 is 0.875 bits per heavy atom. The Morgan fingerprint density at radius 3 is 2.42 bits per heavy atom. The second-order valence-electron chi connectivity index (χ2n) is 9.36. The number of rotatable bonds is 6. The molecular weight excluding hydrogens is 549 g/mol. The summed E-state index contributed by atoms with van der Waals surface area (Å²) in [6, 6.07) is 25.0. The maximum absolute atomic E-state index is 13.3. The second-order valence-corrected chi connectivity index (χ2v) is 11.9. The van der Waals surface area contributed by atoms with E-state index in [1.807, 2.05) is 54.6 Å². The van der Waals surface area contributed by atoms with Gasteiger partial charge in [0.25, 0.3) is 0 Å². The van der Waals surface area contributed by atoms with Gasteiger partial charge in [-0.05, 0) is 54.1 Å². The minimum Gasteiger partial charge on any atom is -0.343 e. The Bertz CT molecular complexity index is 2060. The van der Waals surface area contributed by atoms with Crippen LogP contribution in [-0.4, -0.2) is 29.1 Å². The van der Waals surface area contributed by atoms with Gasteiger partial charge in [0.2, 0.25) is 0 Å². The zero-order chi connectivity index (χ0) is 27.9. The largest absolute Gasteiger partial charge is 0.343 e. The van der Waals surface area contributed by atoms with Gasteiger partial charge in [0.1, 0.15) is 11.5 Å². The van der Waals surface area contributed by atoms with Crippen molar-refractivity contribution in [3.05, 3.63) is 124 Å². The van der Waals surface area contributed by atoms with E-state index in [1.54, 1.807) is 12.3 Å². The average molecular weight is 570 g/mol. The molecule has 0 spiro atoms. The van der Waals surface area contributed by atoms with E-state index in [4.69, 9.17) is 16.6 Å². The Labute approximate surface area is 234 Å². The van der Waals surface area contributed by atoms with E-state index in [2.05, 4.69) is 9.97 Å². The molecule has 0 radical (unpaired) electrons. The molecule has 40 heavy (non-hydrogen) atoms. The SMILES string of the molecule is O=c1cc(CCS(=O)(=O)c2ccc(F)cc2)[nH]c2nc(-c3ccccc3)c(-c3cc(Cl)c4ncccc4c3)cc12. The van der Waals surface area contributed by atoms with Crippen molar-refractivity contribution in [1.82, 2.24) is 15.0 Å². The lowest BCUT2D eigenvalue weighted by molar-refractivity contribution is 0.593. The number of sulfone groups is 1. The van der Waals surface area contributed by atoms with Crippen molar-refractivity contribution in [3.63, 3.8) is 0 Å². The van der Waals surface area contributed by atoms with E-state index >= 15 is 0 Å². The van der Waals surface area contributed by atoms with Crippen LogP contribution >= 0.6 is 11.6 Å². The third kappa shape index (κ3) is 4.99. The average Bonchev–Trinajstić information content (AvgIpc) is 2.96. The van der Waals surface area contributed by atoms with E-state index in [9.17, 15) is 17.6 Å². The number of hydrogen-bond donors (Lipinski definition) is 1. The van der Waals surface area contributed by atoms with Crippen LogP contribution in [0.5, 0.6) is 0 Å². The fourth-order valence-corrected chi connectivity index (χ4v) is 6.25. The summed E-state index contributed by atoms with van der Waals surface area (Å²) in [6.07, 6.45) is 1.74. The summed E-state index contributed by atoms with van der Waals surface area (Å²) < 4.78 is 38.8. The highest BCUT2D eigenvalue weighted by Crippen LogP contribution is 2.36. The van der Waals surface area contributed by atoms with Crippen LogP contribution in [-0.2, 0) is 16.3 Å². The monoisotopic (exact) mass is 569 g/mol. The van der Waals surface area contributed by atoms with Crippen LogP contribution < -0.4 is 5.43 Å². The third-order valence-corrected chi connectivity index (χ3v) is 8.72. The van der Waals surface area contributed by atoms with Crippen molar-refractivity contribution in [2.24, 2.45) is 0 Å². The standard InChI is InChI=1S/C31H21ClFN3O3S/c32-27-16-21(15-20-7-4-13-34-30(20)27)25-18-26-28(37)17-23(12-14-40(38,39)24-10-8-22(33)9-11-24)35-31(26)36-29(25)19-5-2-1-3-6-19/h1-11,13,15-18H,12,14H2,(H,35,36,37).